The van der Waals surface area contributed by atoms with Gasteiger partial charge in [0.1, 0.15) is 5.75 Å². The second-order valence-electron chi connectivity index (χ2n) is 8.50. The smallest absolute Gasteiger partial charge is 0.260 e. The number of benzene rings is 2. The van der Waals surface area contributed by atoms with Crippen LogP contribution in [0.4, 0.5) is 5.69 Å². The van der Waals surface area contributed by atoms with E-state index in [1.54, 1.807) is 0 Å². The fourth-order valence-electron chi connectivity index (χ4n) is 4.14. The standard InChI is InChI=1S/C26H33N3O3S2/c1-2-20-6-3-4-7-23(20)27-24(30)18-28-12-14-29(15-13-28)25(31)19-32-22-10-8-21(9-11-22)26-33-16-5-17-34-26/h3-4,6-11,26H,2,5,12-19H2,1H3,(H,27,30). The lowest BCUT2D eigenvalue weighted by Gasteiger charge is -2.34. The van der Waals surface area contributed by atoms with Gasteiger partial charge in [-0.3, -0.25) is 14.5 Å². The van der Waals surface area contributed by atoms with Crippen LogP contribution in [0.3, 0.4) is 0 Å². The van der Waals surface area contributed by atoms with E-state index in [4.69, 9.17) is 4.74 Å². The highest BCUT2D eigenvalue weighted by molar-refractivity contribution is 8.16. The second kappa shape index (κ2) is 12.5. The van der Waals surface area contributed by atoms with Crippen LogP contribution in [0.2, 0.25) is 0 Å². The molecule has 2 aliphatic rings. The third-order valence-corrected chi connectivity index (χ3v) is 9.12. The van der Waals surface area contributed by atoms with Gasteiger partial charge in [0.05, 0.1) is 11.1 Å². The lowest BCUT2D eigenvalue weighted by Crippen LogP contribution is -2.51. The molecule has 8 heteroatoms. The number of nitrogens with one attached hydrogen (secondary N) is 1. The SMILES string of the molecule is CCc1ccccc1NC(=O)CN1CCN(C(=O)COc2ccc(C3SCCCS3)cc2)CC1. The highest BCUT2D eigenvalue weighted by Crippen LogP contribution is 2.43. The van der Waals surface area contributed by atoms with Crippen LogP contribution in [0, 0.1) is 0 Å². The molecule has 2 fully saturated rings. The van der Waals surface area contributed by atoms with Crippen LogP contribution in [0.25, 0.3) is 0 Å². The van der Waals surface area contributed by atoms with E-state index in [-0.39, 0.29) is 18.4 Å². The number of para-hydroxylation sites is 1. The van der Waals surface area contributed by atoms with Crippen LogP contribution in [0.15, 0.2) is 48.5 Å². The summed E-state index contributed by atoms with van der Waals surface area (Å²) in [4.78, 5) is 29.0. The zero-order valence-corrected chi connectivity index (χ0v) is 21.3. The largest absolute Gasteiger partial charge is 0.484 e. The molecule has 0 radical (unpaired) electrons. The minimum atomic E-state index is -0.0162. The summed E-state index contributed by atoms with van der Waals surface area (Å²) in [5.41, 5.74) is 3.32. The summed E-state index contributed by atoms with van der Waals surface area (Å²) in [6.07, 6.45) is 2.16. The quantitative estimate of drug-likeness (QED) is 0.585. The number of rotatable bonds is 8. The minimum Gasteiger partial charge on any atom is -0.484 e. The van der Waals surface area contributed by atoms with Crippen molar-refractivity contribution in [1.82, 2.24) is 9.80 Å². The number of anilines is 1. The Labute approximate surface area is 210 Å². The Morgan fingerprint density at radius 3 is 2.41 bits per heavy atom. The maximum atomic E-state index is 12.6. The third kappa shape index (κ3) is 6.93. The molecule has 1 N–H and O–H groups in total. The molecule has 0 atom stereocenters. The summed E-state index contributed by atoms with van der Waals surface area (Å²) in [7, 11) is 0. The van der Waals surface area contributed by atoms with Crippen molar-refractivity contribution in [2.75, 3.05) is 56.2 Å². The molecule has 2 aromatic rings. The minimum absolute atomic E-state index is 0.0107. The number of piperazine rings is 1. The van der Waals surface area contributed by atoms with Gasteiger partial charge in [-0.05, 0) is 53.7 Å². The molecule has 0 aliphatic carbocycles. The van der Waals surface area contributed by atoms with Gasteiger partial charge in [-0.25, -0.2) is 0 Å². The molecule has 2 aliphatic heterocycles. The van der Waals surface area contributed by atoms with Gasteiger partial charge in [0.15, 0.2) is 6.61 Å². The van der Waals surface area contributed by atoms with Crippen molar-refractivity contribution >= 4 is 41.0 Å². The molecule has 2 heterocycles. The number of hydrogen-bond acceptors (Lipinski definition) is 6. The maximum absolute atomic E-state index is 12.6. The summed E-state index contributed by atoms with van der Waals surface area (Å²) in [6, 6.07) is 16.0. The summed E-state index contributed by atoms with van der Waals surface area (Å²) < 4.78 is 6.26. The highest BCUT2D eigenvalue weighted by atomic mass is 32.2. The number of carbonyl (C=O) groups excluding carboxylic acids is 2. The summed E-state index contributed by atoms with van der Waals surface area (Å²) in [5.74, 6) is 3.14. The first-order valence-corrected chi connectivity index (χ1v) is 14.1. The zero-order chi connectivity index (χ0) is 23.8. The molecule has 6 nitrogen and oxygen atoms in total. The summed E-state index contributed by atoms with van der Waals surface area (Å²) in [6.45, 7) is 5.03. The fraction of sp³-hybridized carbons (Fsp3) is 0.462. The van der Waals surface area contributed by atoms with Gasteiger partial charge < -0.3 is 15.0 Å². The summed E-state index contributed by atoms with van der Waals surface area (Å²) in [5, 5.41) is 3.02. The van der Waals surface area contributed by atoms with Crippen molar-refractivity contribution in [2.45, 2.75) is 24.3 Å². The fourth-order valence-corrected chi connectivity index (χ4v) is 7.03. The van der Waals surface area contributed by atoms with E-state index >= 15 is 0 Å². The molecule has 0 spiro atoms. The van der Waals surface area contributed by atoms with Crippen LogP contribution < -0.4 is 10.1 Å². The third-order valence-electron chi connectivity index (χ3n) is 6.11. The second-order valence-corrected chi connectivity index (χ2v) is 11.2. The first-order chi connectivity index (χ1) is 16.6. The lowest BCUT2D eigenvalue weighted by atomic mass is 10.1. The molecule has 2 amide bonds. The van der Waals surface area contributed by atoms with E-state index in [0.29, 0.717) is 37.3 Å². The highest BCUT2D eigenvalue weighted by Gasteiger charge is 2.23. The molecule has 4 rings (SSSR count). The van der Waals surface area contributed by atoms with E-state index in [9.17, 15) is 9.59 Å². The van der Waals surface area contributed by atoms with Gasteiger partial charge in [-0.2, -0.15) is 0 Å². The van der Waals surface area contributed by atoms with E-state index in [0.717, 1.165) is 23.4 Å². The Bertz CT molecular complexity index is 956. The molecule has 34 heavy (non-hydrogen) atoms. The molecule has 0 unspecified atom stereocenters. The Morgan fingerprint density at radius 1 is 1.00 bits per heavy atom. The molecular formula is C26H33N3O3S2. The van der Waals surface area contributed by atoms with Crippen LogP contribution in [0.1, 0.15) is 29.1 Å². The van der Waals surface area contributed by atoms with Crippen LogP contribution >= 0.6 is 23.5 Å². The van der Waals surface area contributed by atoms with Gasteiger partial charge in [0.2, 0.25) is 5.91 Å². The van der Waals surface area contributed by atoms with Gasteiger partial charge in [-0.1, -0.05) is 37.3 Å². The number of thioether (sulfide) groups is 2. The molecule has 2 aromatic carbocycles. The van der Waals surface area contributed by atoms with Crippen molar-refractivity contribution in [1.29, 1.82) is 0 Å². The van der Waals surface area contributed by atoms with Crippen molar-refractivity contribution in [3.63, 3.8) is 0 Å². The van der Waals surface area contributed by atoms with E-state index in [2.05, 4.69) is 29.3 Å². The number of aryl methyl sites for hydroxylation is 1. The van der Waals surface area contributed by atoms with Gasteiger partial charge >= 0.3 is 0 Å². The van der Waals surface area contributed by atoms with E-state index < -0.39 is 0 Å². The molecule has 0 bridgehead atoms. The average molecular weight is 500 g/mol. The molecular weight excluding hydrogens is 466 g/mol. The van der Waals surface area contributed by atoms with Gasteiger partial charge in [0, 0.05) is 31.9 Å². The number of nitrogens with zero attached hydrogens (tertiary/aromatic N) is 2. The van der Waals surface area contributed by atoms with E-state index in [1.165, 1.54) is 23.5 Å². The Balaban J connectivity index is 1.17. The van der Waals surface area contributed by atoms with Crippen molar-refractivity contribution < 1.29 is 14.3 Å². The first-order valence-electron chi connectivity index (χ1n) is 12.0. The van der Waals surface area contributed by atoms with Crippen molar-refractivity contribution in [2.24, 2.45) is 0 Å². The predicted octanol–water partition coefficient (Wildman–Crippen LogP) is 4.28. The molecule has 0 saturated carbocycles. The summed E-state index contributed by atoms with van der Waals surface area (Å²) >= 11 is 3.99. The number of amides is 2. The number of hydrogen-bond donors (Lipinski definition) is 1. The van der Waals surface area contributed by atoms with Gasteiger partial charge in [-0.15, -0.1) is 23.5 Å². The van der Waals surface area contributed by atoms with Gasteiger partial charge in [0.25, 0.3) is 5.91 Å². The van der Waals surface area contributed by atoms with Crippen LogP contribution in [-0.4, -0.2) is 72.5 Å². The Kier molecular flexibility index (Phi) is 9.18. The van der Waals surface area contributed by atoms with Crippen LogP contribution in [0.5, 0.6) is 5.75 Å². The maximum Gasteiger partial charge on any atom is 0.260 e. The Morgan fingerprint density at radius 2 is 1.71 bits per heavy atom. The zero-order valence-electron chi connectivity index (χ0n) is 19.7. The van der Waals surface area contributed by atoms with Crippen LogP contribution in [-0.2, 0) is 16.0 Å². The monoisotopic (exact) mass is 499 g/mol. The predicted molar refractivity (Wildman–Crippen MR) is 142 cm³/mol. The molecule has 182 valence electrons. The first kappa shape index (κ1) is 24.9. The van der Waals surface area contributed by atoms with E-state index in [1.807, 2.05) is 64.8 Å². The molecule has 0 aromatic heterocycles. The van der Waals surface area contributed by atoms with Crippen molar-refractivity contribution in [3.8, 4) is 5.75 Å². The Hall–Kier alpha value is -2.16. The normalized spacial score (nSPS) is 17.4. The average Bonchev–Trinajstić information content (AvgIpc) is 2.89. The molecule has 2 saturated heterocycles. The topological polar surface area (TPSA) is 61.9 Å². The lowest BCUT2D eigenvalue weighted by molar-refractivity contribution is -0.135. The number of carbonyl (C=O) groups is 2. The number of ether oxygens (including phenoxy) is 1. The van der Waals surface area contributed by atoms with Crippen molar-refractivity contribution in [3.05, 3.63) is 59.7 Å².